The van der Waals surface area contributed by atoms with E-state index in [1.165, 1.54) is 60.8 Å². The van der Waals surface area contributed by atoms with Crippen LogP contribution in [0, 0.1) is 10.8 Å². The molecule has 0 amide bonds. The zero-order chi connectivity index (χ0) is 33.5. The molecule has 5 heteroatoms. The Balaban J connectivity index is 1.83. The van der Waals surface area contributed by atoms with E-state index in [2.05, 4.69) is 107 Å². The summed E-state index contributed by atoms with van der Waals surface area (Å²) in [5.74, 6) is 3.32. The quantitative estimate of drug-likeness (QED) is 0.311. The molecule has 2 aromatic rings. The number of fused-ring (bicyclic) bond motifs is 1. The topological polar surface area (TPSA) is 40.5 Å². The van der Waals surface area contributed by atoms with Gasteiger partial charge in [-0.2, -0.15) is 0 Å². The Morgan fingerprint density at radius 1 is 0.556 bits per heavy atom. The molecule has 252 valence electrons. The van der Waals surface area contributed by atoms with Gasteiger partial charge in [0.1, 0.15) is 0 Å². The summed E-state index contributed by atoms with van der Waals surface area (Å²) in [5.41, 5.74) is 7.84. The van der Waals surface area contributed by atoms with Gasteiger partial charge in [0.25, 0.3) is 0 Å². The monoisotopic (exact) mass is 730 g/mol. The number of phenols is 2. The van der Waals surface area contributed by atoms with E-state index in [9.17, 15) is 10.2 Å². The first kappa shape index (κ1) is 37.4. The second-order valence-corrected chi connectivity index (χ2v) is 34.2. The van der Waals surface area contributed by atoms with Crippen LogP contribution < -0.4 is 0 Å². The van der Waals surface area contributed by atoms with Gasteiger partial charge in [-0.05, 0) is 0 Å². The van der Waals surface area contributed by atoms with Gasteiger partial charge in [-0.15, -0.1) is 0 Å². The maximum absolute atomic E-state index is 11.8. The Bertz CT molecular complexity index is 1350. The average molecular weight is 732 g/mol. The molecule has 0 spiro atoms. The van der Waals surface area contributed by atoms with Gasteiger partial charge in [-0.1, -0.05) is 0 Å². The van der Waals surface area contributed by atoms with Crippen LogP contribution in [-0.4, -0.2) is 20.7 Å². The Morgan fingerprint density at radius 3 is 1.20 bits per heavy atom. The van der Waals surface area contributed by atoms with Crippen LogP contribution in [0.3, 0.4) is 0 Å². The minimum absolute atomic E-state index is 0.0568. The summed E-state index contributed by atoms with van der Waals surface area (Å²) >= 11 is -0.778. The molecule has 1 heterocycles. The molecule has 2 aromatic carbocycles. The first-order chi connectivity index (χ1) is 20.6. The van der Waals surface area contributed by atoms with Gasteiger partial charge in [0, 0.05) is 0 Å². The molecule has 1 aliphatic carbocycles. The third kappa shape index (κ3) is 10.1. The molecule has 3 unspecified atom stereocenters. The van der Waals surface area contributed by atoms with Gasteiger partial charge in [0.05, 0.1) is 0 Å². The fourth-order valence-corrected chi connectivity index (χ4v) is 35.8. The standard InChI is InChI=1S/C40H64O2S2.Zr/c1-37(2,3)23-27-19-31(39(7,8)9)21-29(35(27)41)25-43-33-17-15-13-14-16-18-34(33)44-26-30-22-32(40(10,11)12)20-28(36(30)42)24-38(4,5)6;/h19-22,33-34,41-42H,13-18,23-26H2,1-12H3;/t33-,34?;/m0./s1. The van der Waals surface area contributed by atoms with Crippen LogP contribution in [0.5, 0.6) is 11.5 Å². The van der Waals surface area contributed by atoms with Crippen molar-refractivity contribution in [2.75, 3.05) is 0 Å². The van der Waals surface area contributed by atoms with Crippen molar-refractivity contribution in [2.24, 2.45) is 10.8 Å². The van der Waals surface area contributed by atoms with Crippen molar-refractivity contribution in [2.45, 2.75) is 167 Å². The van der Waals surface area contributed by atoms with Crippen molar-refractivity contribution in [3.8, 4) is 11.5 Å². The molecular formula is C40H64O2S2Zr. The summed E-state index contributed by atoms with van der Waals surface area (Å²) < 4.78 is 0. The molecule has 0 bridgehead atoms. The Hall–Kier alpha value is -0.377. The molecule has 45 heavy (non-hydrogen) atoms. The van der Waals surface area contributed by atoms with E-state index < -0.39 is 19.2 Å². The zero-order valence-corrected chi connectivity index (χ0v) is 34.8. The number of rotatable bonds is 6. The van der Waals surface area contributed by atoms with Gasteiger partial charge in [0.2, 0.25) is 0 Å². The van der Waals surface area contributed by atoms with Gasteiger partial charge in [-0.3, -0.25) is 0 Å². The van der Waals surface area contributed by atoms with E-state index >= 15 is 0 Å². The minimum atomic E-state index is -0.778. The van der Waals surface area contributed by atoms with Crippen molar-refractivity contribution in [3.63, 3.8) is 0 Å². The Kier molecular flexibility index (Phi) is 11.8. The SMILES string of the molecule is CC(C)(C)Cc1cc(C(C)(C)C)cc(C[S]2=[Zr]=[S](Cc3cc(C(C)(C)C)cc(CC(C)(C)C)c3O)[C@H]3CCCCCCC32)c1O. The molecule has 4 atom stereocenters. The molecule has 0 aromatic heterocycles. The predicted molar refractivity (Wildman–Crippen MR) is 198 cm³/mol. The number of hydrogen-bond donors (Lipinski definition) is 2. The van der Waals surface area contributed by atoms with Gasteiger partial charge >= 0.3 is 291 Å². The van der Waals surface area contributed by atoms with E-state index in [1.54, 1.807) is 0 Å². The van der Waals surface area contributed by atoms with Crippen molar-refractivity contribution in [1.82, 2.24) is 0 Å². The number of hydrogen-bond acceptors (Lipinski definition) is 2. The molecule has 4 rings (SSSR count). The van der Waals surface area contributed by atoms with Crippen LogP contribution in [0.2, 0.25) is 0 Å². The van der Waals surface area contributed by atoms with Crippen LogP contribution in [0.15, 0.2) is 24.3 Å². The molecule has 2 N–H and O–H groups in total. The molecule has 1 aliphatic heterocycles. The first-order valence-corrected chi connectivity index (χ1v) is 26.4. The predicted octanol–water partition coefficient (Wildman–Crippen LogP) is 12.1. The fourth-order valence-electron chi connectivity index (χ4n) is 6.95. The van der Waals surface area contributed by atoms with Gasteiger partial charge < -0.3 is 0 Å². The number of aromatic hydroxyl groups is 2. The summed E-state index contributed by atoms with van der Waals surface area (Å²) in [6.45, 7) is 27.6. The summed E-state index contributed by atoms with van der Waals surface area (Å²) in [6, 6.07) is 9.34. The third-order valence-corrected chi connectivity index (χ3v) is 31.2. The molecule has 2 nitrogen and oxygen atoms in total. The van der Waals surface area contributed by atoms with Crippen LogP contribution in [0.25, 0.3) is 0 Å². The van der Waals surface area contributed by atoms with Crippen molar-refractivity contribution in [1.29, 1.82) is 0 Å². The number of benzene rings is 2. The average Bonchev–Trinajstić information content (AvgIpc) is 3.14. The second kappa shape index (κ2) is 14.2. The van der Waals surface area contributed by atoms with Crippen molar-refractivity contribution >= 4 is 14.2 Å². The van der Waals surface area contributed by atoms with E-state index in [-0.39, 0.29) is 21.7 Å². The fraction of sp³-hybridized carbons (Fsp3) is 0.700. The normalized spacial score (nSPS) is 23.1. The van der Waals surface area contributed by atoms with E-state index in [1.807, 2.05) is 0 Å². The zero-order valence-electron chi connectivity index (χ0n) is 30.7. The Labute approximate surface area is 288 Å². The second-order valence-electron chi connectivity index (χ2n) is 18.6. The van der Waals surface area contributed by atoms with Crippen molar-refractivity contribution < 1.29 is 29.4 Å². The van der Waals surface area contributed by atoms with Crippen LogP contribution in [-0.2, 0) is 54.3 Å². The number of phenolic OH excluding ortho intramolecular Hbond substituents is 2. The molecular weight excluding hydrogens is 668 g/mol. The third-order valence-electron chi connectivity index (χ3n) is 9.42. The van der Waals surface area contributed by atoms with Gasteiger partial charge in [-0.25, -0.2) is 0 Å². The van der Waals surface area contributed by atoms with Crippen molar-refractivity contribution in [3.05, 3.63) is 57.6 Å². The van der Waals surface area contributed by atoms with Crippen LogP contribution >= 0.6 is 14.2 Å². The van der Waals surface area contributed by atoms with E-state index in [4.69, 9.17) is 0 Å². The first-order valence-electron chi connectivity index (χ1n) is 17.5. The molecule has 0 radical (unpaired) electrons. The Morgan fingerprint density at radius 2 is 0.889 bits per heavy atom. The van der Waals surface area contributed by atoms with E-state index in [0.29, 0.717) is 25.7 Å². The molecule has 0 saturated heterocycles. The molecule has 1 fully saturated rings. The molecule has 2 aliphatic rings. The maximum atomic E-state index is 11.8. The van der Waals surface area contributed by atoms with E-state index in [0.717, 1.165) is 46.0 Å². The van der Waals surface area contributed by atoms with Crippen LogP contribution in [0.1, 0.15) is 155 Å². The van der Waals surface area contributed by atoms with Gasteiger partial charge in [0.15, 0.2) is 0 Å². The summed E-state index contributed by atoms with van der Waals surface area (Å²) in [7, 11) is 0.793. The summed E-state index contributed by atoms with van der Waals surface area (Å²) in [6.07, 6.45) is 10.0. The molecule has 1 saturated carbocycles. The summed E-state index contributed by atoms with van der Waals surface area (Å²) in [4.78, 5) is 0. The van der Waals surface area contributed by atoms with Crippen LogP contribution in [0.4, 0.5) is 0 Å². The summed E-state index contributed by atoms with van der Waals surface area (Å²) in [5, 5.41) is 25.1.